The number of amides is 1. The zero-order valence-electron chi connectivity index (χ0n) is 17.1. The number of rotatable bonds is 6. The van der Waals surface area contributed by atoms with Crippen molar-refractivity contribution >= 4 is 41.5 Å². The topological polar surface area (TPSA) is 51.2 Å². The fourth-order valence-electron chi connectivity index (χ4n) is 3.23. The molecule has 1 saturated heterocycles. The fraction of sp³-hybridized carbons (Fsp3) is 0.600. The molecule has 1 aliphatic heterocycles. The van der Waals surface area contributed by atoms with Crippen LogP contribution in [0, 0.1) is 6.92 Å². The third-order valence-electron chi connectivity index (χ3n) is 4.74. The average Bonchev–Trinajstić information content (AvgIpc) is 2.64. The van der Waals surface area contributed by atoms with Crippen LogP contribution in [0.15, 0.2) is 29.3 Å². The Labute approximate surface area is 181 Å². The number of guanidine groups is 1. The van der Waals surface area contributed by atoms with Crippen molar-refractivity contribution in [3.8, 4) is 0 Å². The number of likely N-dealkylation sites (N-methyl/N-ethyl adjacent to an activating group) is 1. The van der Waals surface area contributed by atoms with Gasteiger partial charge in [0.2, 0.25) is 5.91 Å². The molecule has 0 unspecified atom stereocenters. The zero-order valence-corrected chi connectivity index (χ0v) is 19.4. The molecule has 2 rings (SSSR count). The van der Waals surface area contributed by atoms with Crippen LogP contribution >= 0.6 is 24.0 Å². The van der Waals surface area contributed by atoms with Gasteiger partial charge in [-0.3, -0.25) is 9.79 Å². The highest BCUT2D eigenvalue weighted by molar-refractivity contribution is 14.0. The van der Waals surface area contributed by atoms with Gasteiger partial charge in [0.05, 0.1) is 6.54 Å². The standard InChI is InChI=1S/C20H33N5O.HI/c1-5-21-20(25-14-12-24(13-15-25)18(4)26)22-10-11-23(6-2)19-9-7-8-17(3)16-19;/h7-9,16H,5-6,10-15H2,1-4H3,(H,21,22);1H. The molecular weight excluding hydrogens is 453 g/mol. The number of benzene rings is 1. The van der Waals surface area contributed by atoms with Gasteiger partial charge in [0.1, 0.15) is 0 Å². The van der Waals surface area contributed by atoms with Gasteiger partial charge in [0.15, 0.2) is 5.96 Å². The van der Waals surface area contributed by atoms with E-state index in [1.54, 1.807) is 6.92 Å². The number of halogens is 1. The predicted octanol–water partition coefficient (Wildman–Crippen LogP) is 2.57. The molecule has 6 nitrogen and oxygen atoms in total. The number of carbonyl (C=O) groups excluding carboxylic acids is 1. The first-order chi connectivity index (χ1) is 12.5. The minimum atomic E-state index is 0. The number of aliphatic imine (C=N–C) groups is 1. The lowest BCUT2D eigenvalue weighted by Crippen LogP contribution is -2.53. The van der Waals surface area contributed by atoms with Gasteiger partial charge in [-0.1, -0.05) is 12.1 Å². The maximum atomic E-state index is 11.5. The molecule has 0 radical (unpaired) electrons. The van der Waals surface area contributed by atoms with Crippen LogP contribution in [0.2, 0.25) is 0 Å². The highest BCUT2D eigenvalue weighted by Crippen LogP contribution is 2.15. The largest absolute Gasteiger partial charge is 0.370 e. The summed E-state index contributed by atoms with van der Waals surface area (Å²) in [6.07, 6.45) is 0. The van der Waals surface area contributed by atoms with Gasteiger partial charge in [-0.2, -0.15) is 0 Å². The van der Waals surface area contributed by atoms with Crippen LogP contribution in [0.25, 0.3) is 0 Å². The van der Waals surface area contributed by atoms with Gasteiger partial charge < -0.3 is 20.0 Å². The molecule has 1 amide bonds. The molecule has 1 aromatic rings. The lowest BCUT2D eigenvalue weighted by molar-refractivity contribution is -0.130. The molecule has 1 heterocycles. The summed E-state index contributed by atoms with van der Waals surface area (Å²) in [7, 11) is 0. The lowest BCUT2D eigenvalue weighted by atomic mass is 10.2. The molecular formula is C20H34IN5O. The lowest BCUT2D eigenvalue weighted by Gasteiger charge is -2.36. The number of piperazine rings is 1. The summed E-state index contributed by atoms with van der Waals surface area (Å²) in [4.78, 5) is 22.8. The summed E-state index contributed by atoms with van der Waals surface area (Å²) in [5.74, 6) is 1.11. The van der Waals surface area contributed by atoms with Crippen molar-refractivity contribution in [3.05, 3.63) is 29.8 Å². The Bertz CT molecular complexity index is 614. The first-order valence-electron chi connectivity index (χ1n) is 9.65. The molecule has 0 atom stereocenters. The quantitative estimate of drug-likeness (QED) is 0.381. The van der Waals surface area contributed by atoms with Crippen molar-refractivity contribution in [3.63, 3.8) is 0 Å². The van der Waals surface area contributed by atoms with E-state index in [1.165, 1.54) is 11.3 Å². The third kappa shape index (κ3) is 7.20. The summed E-state index contributed by atoms with van der Waals surface area (Å²) < 4.78 is 0. The van der Waals surface area contributed by atoms with Crippen molar-refractivity contribution < 1.29 is 4.79 Å². The molecule has 0 bridgehead atoms. The maximum Gasteiger partial charge on any atom is 0.219 e. The van der Waals surface area contributed by atoms with Crippen molar-refractivity contribution in [2.75, 3.05) is 57.3 Å². The summed E-state index contributed by atoms with van der Waals surface area (Å²) >= 11 is 0. The predicted molar refractivity (Wildman–Crippen MR) is 124 cm³/mol. The van der Waals surface area contributed by atoms with E-state index in [-0.39, 0.29) is 29.9 Å². The average molecular weight is 487 g/mol. The molecule has 1 aliphatic rings. The van der Waals surface area contributed by atoms with E-state index >= 15 is 0 Å². The van der Waals surface area contributed by atoms with Gasteiger partial charge in [-0.05, 0) is 38.5 Å². The van der Waals surface area contributed by atoms with Crippen molar-refractivity contribution in [1.82, 2.24) is 15.1 Å². The Hall–Kier alpha value is -1.51. The summed E-state index contributed by atoms with van der Waals surface area (Å²) in [6, 6.07) is 8.61. The minimum Gasteiger partial charge on any atom is -0.370 e. The van der Waals surface area contributed by atoms with Crippen LogP contribution in [-0.4, -0.2) is 74.0 Å². The van der Waals surface area contributed by atoms with E-state index in [4.69, 9.17) is 4.99 Å². The number of nitrogens with zero attached hydrogens (tertiary/aromatic N) is 4. The van der Waals surface area contributed by atoms with E-state index < -0.39 is 0 Å². The van der Waals surface area contributed by atoms with Crippen LogP contribution in [0.3, 0.4) is 0 Å². The smallest absolute Gasteiger partial charge is 0.219 e. The molecule has 0 saturated carbocycles. The van der Waals surface area contributed by atoms with Crippen LogP contribution in [0.1, 0.15) is 26.3 Å². The van der Waals surface area contributed by atoms with Crippen LogP contribution in [0.5, 0.6) is 0 Å². The number of hydrogen-bond acceptors (Lipinski definition) is 3. The second-order valence-electron chi connectivity index (χ2n) is 6.65. The Morgan fingerprint density at radius 3 is 2.41 bits per heavy atom. The van der Waals surface area contributed by atoms with Gasteiger partial charge >= 0.3 is 0 Å². The van der Waals surface area contributed by atoms with Gasteiger partial charge in [-0.15, -0.1) is 24.0 Å². The minimum absolute atomic E-state index is 0. The molecule has 152 valence electrons. The fourth-order valence-corrected chi connectivity index (χ4v) is 3.23. The SMILES string of the molecule is CCNC(=NCCN(CC)c1cccc(C)c1)N1CCN(C(C)=O)CC1.I. The molecule has 1 N–H and O–H groups in total. The van der Waals surface area contributed by atoms with Crippen LogP contribution < -0.4 is 10.2 Å². The molecule has 1 aromatic carbocycles. The zero-order chi connectivity index (χ0) is 18.9. The normalized spacial score (nSPS) is 14.6. The van der Waals surface area contributed by atoms with Gasteiger partial charge in [0, 0.05) is 58.4 Å². The number of nitrogens with one attached hydrogen (secondary N) is 1. The maximum absolute atomic E-state index is 11.5. The van der Waals surface area contributed by atoms with Crippen molar-refractivity contribution in [2.24, 2.45) is 4.99 Å². The molecule has 27 heavy (non-hydrogen) atoms. The first-order valence-corrected chi connectivity index (χ1v) is 9.65. The summed E-state index contributed by atoms with van der Waals surface area (Å²) in [5.41, 5.74) is 2.53. The monoisotopic (exact) mass is 487 g/mol. The molecule has 1 fully saturated rings. The van der Waals surface area contributed by atoms with Crippen LogP contribution in [0.4, 0.5) is 5.69 Å². The van der Waals surface area contributed by atoms with E-state index in [0.29, 0.717) is 0 Å². The first kappa shape index (κ1) is 23.5. The molecule has 0 spiro atoms. The number of aryl methyl sites for hydroxylation is 1. The van der Waals surface area contributed by atoms with Gasteiger partial charge in [-0.25, -0.2) is 0 Å². The Balaban J connectivity index is 0.00000364. The Kier molecular flexibility index (Phi) is 10.5. The second-order valence-corrected chi connectivity index (χ2v) is 6.65. The summed E-state index contributed by atoms with van der Waals surface area (Å²) in [5, 5.41) is 3.39. The van der Waals surface area contributed by atoms with E-state index in [2.05, 4.69) is 60.2 Å². The van der Waals surface area contributed by atoms with Gasteiger partial charge in [0.25, 0.3) is 0 Å². The highest BCUT2D eigenvalue weighted by atomic mass is 127. The Morgan fingerprint density at radius 1 is 1.19 bits per heavy atom. The molecule has 0 aliphatic carbocycles. The number of anilines is 1. The highest BCUT2D eigenvalue weighted by Gasteiger charge is 2.20. The van der Waals surface area contributed by atoms with Crippen molar-refractivity contribution in [2.45, 2.75) is 27.7 Å². The van der Waals surface area contributed by atoms with Crippen molar-refractivity contribution in [1.29, 1.82) is 0 Å². The number of carbonyl (C=O) groups is 1. The van der Waals surface area contributed by atoms with E-state index in [1.807, 2.05) is 4.90 Å². The second kappa shape index (κ2) is 12.0. The third-order valence-corrected chi connectivity index (χ3v) is 4.74. The van der Waals surface area contributed by atoms with E-state index in [9.17, 15) is 4.79 Å². The number of hydrogen-bond donors (Lipinski definition) is 1. The summed E-state index contributed by atoms with van der Waals surface area (Å²) in [6.45, 7) is 14.7. The van der Waals surface area contributed by atoms with E-state index in [0.717, 1.165) is 58.3 Å². The molecule has 0 aromatic heterocycles. The Morgan fingerprint density at radius 2 is 1.85 bits per heavy atom. The molecule has 7 heteroatoms. The van der Waals surface area contributed by atoms with Crippen LogP contribution in [-0.2, 0) is 4.79 Å².